The molecule has 1 aromatic carbocycles. The summed E-state index contributed by atoms with van der Waals surface area (Å²) >= 11 is 4.37. The van der Waals surface area contributed by atoms with Gasteiger partial charge in [-0.1, -0.05) is 42.5 Å². The van der Waals surface area contributed by atoms with Crippen LogP contribution < -0.4 is 0 Å². The van der Waals surface area contributed by atoms with Crippen molar-refractivity contribution in [1.29, 1.82) is 0 Å². The molecule has 2 nitrogen and oxygen atoms in total. The first kappa shape index (κ1) is 9.61. The molecule has 0 aliphatic carbocycles. The molecule has 0 N–H and O–H groups in total. The molecule has 0 radical (unpaired) electrons. The van der Waals surface area contributed by atoms with Crippen LogP contribution in [-0.4, -0.2) is 11.3 Å². The summed E-state index contributed by atoms with van der Waals surface area (Å²) in [7, 11) is 0. The van der Waals surface area contributed by atoms with E-state index in [0.717, 1.165) is 10.9 Å². The van der Waals surface area contributed by atoms with Crippen LogP contribution in [0.15, 0.2) is 36.6 Å². The summed E-state index contributed by atoms with van der Waals surface area (Å²) in [6, 6.07) is 9.53. The van der Waals surface area contributed by atoms with Gasteiger partial charge in [-0.2, -0.15) is 0 Å². The molecule has 0 unspecified atom stereocenters. The van der Waals surface area contributed by atoms with Gasteiger partial charge in [0, 0.05) is 0 Å². The van der Waals surface area contributed by atoms with E-state index in [4.69, 9.17) is 0 Å². The molecule has 0 aromatic heterocycles. The van der Waals surface area contributed by atoms with Crippen molar-refractivity contribution in [3.63, 3.8) is 0 Å². The quantitative estimate of drug-likeness (QED) is 0.417. The second kappa shape index (κ2) is 5.22. The number of carbonyl (C=O) groups excluding carboxylic acids is 1. The van der Waals surface area contributed by atoms with Crippen LogP contribution in [0.3, 0.4) is 0 Å². The minimum Gasteiger partial charge on any atom is -0.431 e. The zero-order chi connectivity index (χ0) is 9.52. The fourth-order valence-electron chi connectivity index (χ4n) is 0.772. The van der Waals surface area contributed by atoms with E-state index in [1.165, 1.54) is 6.26 Å². The molecule has 0 fully saturated rings. The molecule has 0 bridgehead atoms. The maximum Gasteiger partial charge on any atom is 0.346 e. The van der Waals surface area contributed by atoms with Crippen molar-refractivity contribution in [3.8, 4) is 0 Å². The van der Waals surface area contributed by atoms with Crippen molar-refractivity contribution >= 4 is 29.6 Å². The Hall–Kier alpha value is -1.48. The van der Waals surface area contributed by atoms with Crippen LogP contribution in [0.2, 0.25) is 0 Å². The van der Waals surface area contributed by atoms with Gasteiger partial charge in [-0.3, -0.25) is 0 Å². The number of rotatable bonds is 3. The van der Waals surface area contributed by atoms with E-state index >= 15 is 0 Å². The van der Waals surface area contributed by atoms with Crippen molar-refractivity contribution in [2.75, 3.05) is 0 Å². The topological polar surface area (TPSA) is 26.3 Å². The van der Waals surface area contributed by atoms with Crippen LogP contribution in [0.1, 0.15) is 5.56 Å². The molecule has 0 atom stereocenters. The Bertz CT molecular complexity index is 317. The summed E-state index contributed by atoms with van der Waals surface area (Å²) < 4.78 is 4.62. The molecular formula is C10H8O2S. The second-order valence-corrected chi connectivity index (χ2v) is 2.50. The second-order valence-electron chi connectivity index (χ2n) is 2.27. The summed E-state index contributed by atoms with van der Waals surface area (Å²) in [6.45, 7) is 0. The van der Waals surface area contributed by atoms with Gasteiger partial charge >= 0.3 is 5.97 Å². The average Bonchev–Trinajstić information content (AvgIpc) is 2.19. The Morgan fingerprint density at radius 2 is 2.00 bits per heavy atom. The molecule has 66 valence electrons. The van der Waals surface area contributed by atoms with Gasteiger partial charge in [-0.05, 0) is 11.6 Å². The minimum atomic E-state index is -0.526. The first-order valence-electron chi connectivity index (χ1n) is 3.70. The lowest BCUT2D eigenvalue weighted by Gasteiger charge is -1.91. The molecule has 0 aliphatic rings. The minimum absolute atomic E-state index is 0.526. The zero-order valence-electron chi connectivity index (χ0n) is 6.84. The van der Waals surface area contributed by atoms with Gasteiger partial charge in [0.2, 0.25) is 0 Å². The van der Waals surface area contributed by atoms with Crippen LogP contribution in [0.4, 0.5) is 0 Å². The number of esters is 1. The van der Waals surface area contributed by atoms with Crippen LogP contribution >= 0.6 is 12.2 Å². The summed E-state index contributed by atoms with van der Waals surface area (Å²) in [6.07, 6.45) is 3.01. The van der Waals surface area contributed by atoms with Crippen LogP contribution in [0.5, 0.6) is 0 Å². The Balaban J connectivity index is 2.50. The molecule has 1 rings (SSSR count). The SMILES string of the molecule is O=C(C=S)OC=Cc1ccccc1. The number of benzene rings is 1. The molecule has 3 heteroatoms. The van der Waals surface area contributed by atoms with Gasteiger partial charge in [-0.25, -0.2) is 4.79 Å². The third kappa shape index (κ3) is 3.62. The molecule has 0 saturated carbocycles. The molecular weight excluding hydrogens is 184 g/mol. The summed E-state index contributed by atoms with van der Waals surface area (Å²) in [5, 5.41) is 0.954. The smallest absolute Gasteiger partial charge is 0.346 e. The lowest BCUT2D eigenvalue weighted by molar-refractivity contribution is -0.129. The Kier molecular flexibility index (Phi) is 3.85. The maximum absolute atomic E-state index is 10.6. The molecule has 0 aliphatic heterocycles. The highest BCUT2D eigenvalue weighted by atomic mass is 32.1. The molecule has 13 heavy (non-hydrogen) atoms. The number of hydrogen-bond acceptors (Lipinski definition) is 3. The standard InChI is InChI=1S/C10H8O2S/c11-10(8-13)12-7-6-9-4-2-1-3-5-9/h1-8H. The zero-order valence-corrected chi connectivity index (χ0v) is 7.66. The van der Waals surface area contributed by atoms with Crippen molar-refractivity contribution in [2.24, 2.45) is 0 Å². The van der Waals surface area contributed by atoms with E-state index in [1.54, 1.807) is 6.08 Å². The summed E-state index contributed by atoms with van der Waals surface area (Å²) in [4.78, 5) is 10.6. The Morgan fingerprint density at radius 3 is 2.62 bits per heavy atom. The predicted molar refractivity (Wildman–Crippen MR) is 55.2 cm³/mol. The van der Waals surface area contributed by atoms with Crippen molar-refractivity contribution in [3.05, 3.63) is 42.2 Å². The van der Waals surface area contributed by atoms with Gasteiger partial charge in [0.15, 0.2) is 0 Å². The van der Waals surface area contributed by atoms with E-state index in [9.17, 15) is 4.79 Å². The van der Waals surface area contributed by atoms with E-state index < -0.39 is 5.97 Å². The van der Waals surface area contributed by atoms with E-state index in [2.05, 4.69) is 17.0 Å². The maximum atomic E-state index is 10.6. The van der Waals surface area contributed by atoms with Gasteiger partial charge in [0.1, 0.15) is 0 Å². The van der Waals surface area contributed by atoms with Gasteiger partial charge in [0.05, 0.1) is 11.6 Å². The van der Waals surface area contributed by atoms with Gasteiger partial charge in [0.25, 0.3) is 0 Å². The lowest BCUT2D eigenvalue weighted by Crippen LogP contribution is -1.97. The normalized spacial score (nSPS) is 9.85. The monoisotopic (exact) mass is 192 g/mol. The third-order valence-corrected chi connectivity index (χ3v) is 1.53. The van der Waals surface area contributed by atoms with E-state index in [0.29, 0.717) is 0 Å². The van der Waals surface area contributed by atoms with E-state index in [1.807, 2.05) is 30.3 Å². The lowest BCUT2D eigenvalue weighted by atomic mass is 10.2. The predicted octanol–water partition coefficient (Wildman–Crippen LogP) is 2.20. The number of ether oxygens (including phenoxy) is 1. The van der Waals surface area contributed by atoms with E-state index in [-0.39, 0.29) is 0 Å². The van der Waals surface area contributed by atoms with Gasteiger partial charge in [-0.15, -0.1) is 0 Å². The number of thiocarbonyl (C=S) groups is 1. The molecule has 0 saturated heterocycles. The first-order valence-corrected chi connectivity index (χ1v) is 4.17. The molecule has 1 aromatic rings. The first-order chi connectivity index (χ1) is 6.33. The molecule has 0 heterocycles. The van der Waals surface area contributed by atoms with Gasteiger partial charge < -0.3 is 4.74 Å². The fraction of sp³-hybridized carbons (Fsp3) is 0. The Morgan fingerprint density at radius 1 is 1.31 bits per heavy atom. The highest BCUT2D eigenvalue weighted by molar-refractivity contribution is 7.80. The van der Waals surface area contributed by atoms with Crippen LogP contribution in [0, 0.1) is 0 Å². The van der Waals surface area contributed by atoms with Crippen molar-refractivity contribution in [2.45, 2.75) is 0 Å². The summed E-state index contributed by atoms with van der Waals surface area (Å²) in [5.74, 6) is -0.526. The van der Waals surface area contributed by atoms with Crippen molar-refractivity contribution in [1.82, 2.24) is 0 Å². The largest absolute Gasteiger partial charge is 0.431 e. The number of hydrogen-bond donors (Lipinski definition) is 0. The molecule has 0 spiro atoms. The fourth-order valence-corrected chi connectivity index (χ4v) is 0.827. The highest BCUT2D eigenvalue weighted by Crippen LogP contribution is 2.00. The summed E-state index contributed by atoms with van der Waals surface area (Å²) in [5.41, 5.74) is 0.972. The average molecular weight is 192 g/mol. The Labute approximate surface area is 81.8 Å². The third-order valence-electron chi connectivity index (χ3n) is 1.34. The van der Waals surface area contributed by atoms with Crippen molar-refractivity contribution < 1.29 is 9.53 Å². The number of carbonyl (C=O) groups is 1. The van der Waals surface area contributed by atoms with Crippen LogP contribution in [-0.2, 0) is 9.53 Å². The highest BCUT2D eigenvalue weighted by Gasteiger charge is 1.90. The molecule has 0 amide bonds. The van der Waals surface area contributed by atoms with Crippen LogP contribution in [0.25, 0.3) is 6.08 Å².